The smallest absolute Gasteiger partial charge is 0.257 e. The number of carbonyl (C=O) groups is 1. The second kappa shape index (κ2) is 7.87. The lowest BCUT2D eigenvalue weighted by Gasteiger charge is -2.22. The molecule has 0 atom stereocenters. The maximum atomic E-state index is 13.0. The van der Waals surface area contributed by atoms with Crippen LogP contribution >= 0.6 is 0 Å². The number of sulfonamides is 1. The van der Waals surface area contributed by atoms with Gasteiger partial charge in [0.2, 0.25) is 10.0 Å². The lowest BCUT2D eigenvalue weighted by atomic mass is 10.1. The number of benzene rings is 2. The van der Waals surface area contributed by atoms with Crippen molar-refractivity contribution < 1.29 is 22.7 Å². The van der Waals surface area contributed by atoms with Gasteiger partial charge in [-0.3, -0.25) is 9.10 Å². The van der Waals surface area contributed by atoms with E-state index in [0.29, 0.717) is 17.2 Å². The first-order valence-electron chi connectivity index (χ1n) is 8.17. The van der Waals surface area contributed by atoms with Crippen molar-refractivity contribution in [3.63, 3.8) is 0 Å². The lowest BCUT2D eigenvalue weighted by molar-refractivity contribution is 0.102. The molecular formula is C19H24N2O5S. The predicted octanol–water partition coefficient (Wildman–Crippen LogP) is 2.97. The highest BCUT2D eigenvalue weighted by Crippen LogP contribution is 2.36. The minimum Gasteiger partial charge on any atom is -0.493 e. The van der Waals surface area contributed by atoms with Crippen LogP contribution in [0.5, 0.6) is 11.5 Å². The summed E-state index contributed by atoms with van der Waals surface area (Å²) in [4.78, 5) is 13.0. The Morgan fingerprint density at radius 3 is 2.22 bits per heavy atom. The van der Waals surface area contributed by atoms with E-state index in [-0.39, 0.29) is 11.3 Å². The van der Waals surface area contributed by atoms with E-state index in [2.05, 4.69) is 5.32 Å². The standard InChI is InChI=1S/C19H24N2O5S/c1-12-8-7-9-15(13(12)2)20-19(22)14-10-17(25-4)18(26-5)11-16(14)21(3)27(6,23)24/h7-11H,1-6H3,(H,20,22). The molecule has 0 heterocycles. The van der Waals surface area contributed by atoms with Crippen LogP contribution < -0.4 is 19.1 Å². The molecule has 0 saturated heterocycles. The zero-order valence-corrected chi connectivity index (χ0v) is 17.1. The highest BCUT2D eigenvalue weighted by molar-refractivity contribution is 7.92. The number of aryl methyl sites for hydroxylation is 1. The largest absolute Gasteiger partial charge is 0.493 e. The Labute approximate surface area is 160 Å². The Morgan fingerprint density at radius 1 is 1.07 bits per heavy atom. The normalized spacial score (nSPS) is 11.0. The van der Waals surface area contributed by atoms with Crippen molar-refractivity contribution in [2.24, 2.45) is 0 Å². The molecule has 0 spiro atoms. The average molecular weight is 392 g/mol. The van der Waals surface area contributed by atoms with Crippen LogP contribution in [0, 0.1) is 13.8 Å². The molecule has 2 rings (SSSR count). The molecule has 0 fully saturated rings. The molecule has 0 bridgehead atoms. The van der Waals surface area contributed by atoms with E-state index < -0.39 is 15.9 Å². The number of amides is 1. The number of carbonyl (C=O) groups excluding carboxylic acids is 1. The van der Waals surface area contributed by atoms with E-state index in [4.69, 9.17) is 9.47 Å². The van der Waals surface area contributed by atoms with Gasteiger partial charge in [0.25, 0.3) is 5.91 Å². The van der Waals surface area contributed by atoms with E-state index in [9.17, 15) is 13.2 Å². The maximum absolute atomic E-state index is 13.0. The molecule has 7 nitrogen and oxygen atoms in total. The fourth-order valence-corrected chi connectivity index (χ4v) is 3.07. The van der Waals surface area contributed by atoms with Crippen LogP contribution in [-0.2, 0) is 10.0 Å². The number of anilines is 2. The van der Waals surface area contributed by atoms with Gasteiger partial charge in [-0.25, -0.2) is 8.42 Å². The van der Waals surface area contributed by atoms with E-state index in [1.54, 1.807) is 6.07 Å². The Morgan fingerprint density at radius 2 is 1.67 bits per heavy atom. The summed E-state index contributed by atoms with van der Waals surface area (Å²) in [6, 6.07) is 8.52. The van der Waals surface area contributed by atoms with Gasteiger partial charge in [0, 0.05) is 18.8 Å². The zero-order valence-electron chi connectivity index (χ0n) is 16.3. The van der Waals surface area contributed by atoms with E-state index in [1.807, 2.05) is 26.0 Å². The SMILES string of the molecule is COc1cc(C(=O)Nc2cccc(C)c2C)c(N(C)S(C)(=O)=O)cc1OC. The Balaban J connectivity index is 2.58. The Hall–Kier alpha value is -2.74. The number of ether oxygens (including phenoxy) is 2. The van der Waals surface area contributed by atoms with Crippen LogP contribution in [0.4, 0.5) is 11.4 Å². The van der Waals surface area contributed by atoms with Gasteiger partial charge in [-0.05, 0) is 37.1 Å². The highest BCUT2D eigenvalue weighted by atomic mass is 32.2. The number of nitrogens with zero attached hydrogens (tertiary/aromatic N) is 1. The molecule has 0 aromatic heterocycles. The fourth-order valence-electron chi connectivity index (χ4n) is 2.57. The lowest BCUT2D eigenvalue weighted by Crippen LogP contribution is -2.28. The Bertz CT molecular complexity index is 970. The van der Waals surface area contributed by atoms with Gasteiger partial charge in [-0.15, -0.1) is 0 Å². The van der Waals surface area contributed by atoms with Gasteiger partial charge in [-0.1, -0.05) is 12.1 Å². The molecule has 27 heavy (non-hydrogen) atoms. The third-order valence-corrected chi connectivity index (χ3v) is 5.63. The summed E-state index contributed by atoms with van der Waals surface area (Å²) >= 11 is 0. The number of hydrogen-bond acceptors (Lipinski definition) is 5. The van der Waals surface area contributed by atoms with Crippen molar-refractivity contribution in [2.75, 3.05) is 37.1 Å². The first kappa shape index (κ1) is 20.6. The minimum atomic E-state index is -3.59. The van der Waals surface area contributed by atoms with Crippen molar-refractivity contribution in [3.05, 3.63) is 47.0 Å². The van der Waals surface area contributed by atoms with E-state index in [1.165, 1.54) is 33.4 Å². The predicted molar refractivity (Wildman–Crippen MR) is 107 cm³/mol. The van der Waals surface area contributed by atoms with Crippen molar-refractivity contribution in [1.82, 2.24) is 0 Å². The van der Waals surface area contributed by atoms with E-state index in [0.717, 1.165) is 21.7 Å². The molecule has 0 unspecified atom stereocenters. The van der Waals surface area contributed by atoms with Gasteiger partial charge < -0.3 is 14.8 Å². The summed E-state index contributed by atoms with van der Waals surface area (Å²) in [6.07, 6.45) is 1.07. The van der Waals surface area contributed by atoms with Gasteiger partial charge >= 0.3 is 0 Å². The second-order valence-electron chi connectivity index (χ2n) is 6.16. The van der Waals surface area contributed by atoms with Crippen LogP contribution in [0.15, 0.2) is 30.3 Å². The number of methoxy groups -OCH3 is 2. The van der Waals surface area contributed by atoms with Crippen molar-refractivity contribution in [1.29, 1.82) is 0 Å². The molecule has 1 amide bonds. The van der Waals surface area contributed by atoms with Crippen molar-refractivity contribution in [3.8, 4) is 11.5 Å². The molecule has 146 valence electrons. The molecule has 1 N–H and O–H groups in total. The Kier molecular flexibility index (Phi) is 6.00. The van der Waals surface area contributed by atoms with Crippen LogP contribution in [0.1, 0.15) is 21.5 Å². The number of rotatable bonds is 6. The monoisotopic (exact) mass is 392 g/mol. The van der Waals surface area contributed by atoms with Crippen LogP contribution in [0.2, 0.25) is 0 Å². The van der Waals surface area contributed by atoms with Crippen LogP contribution in [0.25, 0.3) is 0 Å². The second-order valence-corrected chi connectivity index (χ2v) is 8.17. The highest BCUT2D eigenvalue weighted by Gasteiger charge is 2.24. The van der Waals surface area contributed by atoms with Gasteiger partial charge in [0.1, 0.15) is 0 Å². The molecule has 0 aliphatic carbocycles. The van der Waals surface area contributed by atoms with Crippen LogP contribution in [-0.4, -0.2) is 41.8 Å². The molecule has 2 aromatic rings. The van der Waals surface area contributed by atoms with Crippen molar-refractivity contribution in [2.45, 2.75) is 13.8 Å². The quantitative estimate of drug-likeness (QED) is 0.817. The fraction of sp³-hybridized carbons (Fsp3) is 0.316. The third kappa shape index (κ3) is 4.33. The average Bonchev–Trinajstić information content (AvgIpc) is 2.62. The topological polar surface area (TPSA) is 84.9 Å². The molecular weight excluding hydrogens is 368 g/mol. The molecule has 0 aliphatic heterocycles. The molecule has 0 radical (unpaired) electrons. The third-order valence-electron chi connectivity index (χ3n) is 4.44. The number of nitrogens with one attached hydrogen (secondary N) is 1. The summed E-state index contributed by atoms with van der Waals surface area (Å²) in [5.74, 6) is 0.204. The molecule has 8 heteroatoms. The van der Waals surface area contributed by atoms with Gasteiger partial charge in [-0.2, -0.15) is 0 Å². The summed E-state index contributed by atoms with van der Waals surface area (Å²) in [7, 11) is 0.684. The zero-order chi connectivity index (χ0) is 20.4. The summed E-state index contributed by atoms with van der Waals surface area (Å²) in [6.45, 7) is 3.85. The first-order chi connectivity index (χ1) is 12.6. The summed E-state index contributed by atoms with van der Waals surface area (Å²) < 4.78 is 35.6. The molecule has 0 saturated carbocycles. The van der Waals surface area contributed by atoms with Gasteiger partial charge in [0.15, 0.2) is 11.5 Å². The maximum Gasteiger partial charge on any atom is 0.257 e. The van der Waals surface area contributed by atoms with Gasteiger partial charge in [0.05, 0.1) is 31.7 Å². The number of hydrogen-bond donors (Lipinski definition) is 1. The van der Waals surface area contributed by atoms with Crippen molar-refractivity contribution >= 4 is 27.3 Å². The minimum absolute atomic E-state index is 0.154. The van der Waals surface area contributed by atoms with Crippen LogP contribution in [0.3, 0.4) is 0 Å². The first-order valence-corrected chi connectivity index (χ1v) is 10.0. The summed E-state index contributed by atoms with van der Waals surface area (Å²) in [5.41, 5.74) is 2.97. The van der Waals surface area contributed by atoms with E-state index >= 15 is 0 Å². The molecule has 2 aromatic carbocycles. The summed E-state index contributed by atoms with van der Waals surface area (Å²) in [5, 5.41) is 2.85. The molecule has 0 aliphatic rings.